The number of aliphatic hydroxyl groups is 2. The molecular formula is C10H12ClN3O3. The van der Waals surface area contributed by atoms with Crippen molar-refractivity contribution in [1.82, 2.24) is 9.88 Å². The van der Waals surface area contributed by atoms with Crippen molar-refractivity contribution in [2.75, 3.05) is 18.8 Å². The van der Waals surface area contributed by atoms with Gasteiger partial charge in [-0.2, -0.15) is 0 Å². The molecule has 2 unspecified atom stereocenters. The fraction of sp³-hybridized carbons (Fsp3) is 0.400. The quantitative estimate of drug-likeness (QED) is 0.630. The lowest BCUT2D eigenvalue weighted by molar-refractivity contribution is 0.0572. The fourth-order valence-corrected chi connectivity index (χ4v) is 1.91. The second kappa shape index (κ2) is 4.48. The molecule has 17 heavy (non-hydrogen) atoms. The van der Waals surface area contributed by atoms with Gasteiger partial charge in [-0.15, -0.1) is 0 Å². The molecule has 0 bridgehead atoms. The van der Waals surface area contributed by atoms with Crippen molar-refractivity contribution in [3.63, 3.8) is 0 Å². The SMILES string of the molecule is Nc1cc(C(=O)N2CC(O)C(O)C2)c(Cl)cn1. The summed E-state index contributed by atoms with van der Waals surface area (Å²) in [5, 5.41) is 18.9. The highest BCUT2D eigenvalue weighted by molar-refractivity contribution is 6.33. The number of amides is 1. The third-order valence-electron chi connectivity index (χ3n) is 2.65. The largest absolute Gasteiger partial charge is 0.388 e. The Morgan fingerprint density at radius 1 is 1.47 bits per heavy atom. The van der Waals surface area contributed by atoms with Crippen LogP contribution < -0.4 is 5.73 Å². The molecule has 1 aromatic rings. The van der Waals surface area contributed by atoms with E-state index in [4.69, 9.17) is 17.3 Å². The molecule has 0 saturated carbocycles. The summed E-state index contributed by atoms with van der Waals surface area (Å²) in [5.74, 6) is -0.183. The van der Waals surface area contributed by atoms with Crippen LogP contribution in [0.5, 0.6) is 0 Å². The number of hydrogen-bond acceptors (Lipinski definition) is 5. The van der Waals surface area contributed by atoms with Gasteiger partial charge in [0.15, 0.2) is 0 Å². The Morgan fingerprint density at radius 3 is 2.65 bits per heavy atom. The Balaban J connectivity index is 2.23. The number of pyridine rings is 1. The molecule has 0 aromatic carbocycles. The summed E-state index contributed by atoms with van der Waals surface area (Å²) in [6.45, 7) is 0.164. The van der Waals surface area contributed by atoms with Crippen molar-refractivity contribution >= 4 is 23.3 Å². The van der Waals surface area contributed by atoms with Crippen molar-refractivity contribution in [2.45, 2.75) is 12.2 Å². The lowest BCUT2D eigenvalue weighted by Crippen LogP contribution is -2.30. The van der Waals surface area contributed by atoms with E-state index < -0.39 is 12.2 Å². The highest BCUT2D eigenvalue weighted by atomic mass is 35.5. The molecule has 2 heterocycles. The maximum Gasteiger partial charge on any atom is 0.255 e. The zero-order chi connectivity index (χ0) is 12.6. The van der Waals surface area contributed by atoms with Crippen molar-refractivity contribution in [3.05, 3.63) is 22.8 Å². The molecule has 0 radical (unpaired) electrons. The molecule has 2 rings (SSSR count). The van der Waals surface area contributed by atoms with Gasteiger partial charge in [0.1, 0.15) is 5.82 Å². The molecule has 0 spiro atoms. The lowest BCUT2D eigenvalue weighted by atomic mass is 10.2. The highest BCUT2D eigenvalue weighted by Gasteiger charge is 2.33. The van der Waals surface area contributed by atoms with E-state index in [0.29, 0.717) is 0 Å². The van der Waals surface area contributed by atoms with Gasteiger partial charge < -0.3 is 20.8 Å². The number of carbonyl (C=O) groups excluding carboxylic acids is 1. The van der Waals surface area contributed by atoms with Crippen LogP contribution in [-0.4, -0.2) is 51.3 Å². The summed E-state index contributed by atoms with van der Waals surface area (Å²) in [6.07, 6.45) is -0.540. The van der Waals surface area contributed by atoms with Gasteiger partial charge in [-0.3, -0.25) is 4.79 Å². The standard InChI is InChI=1S/C10H12ClN3O3/c11-6-2-13-9(12)1-5(6)10(17)14-3-7(15)8(16)4-14/h1-2,7-8,15-16H,3-4H2,(H2,12,13). The minimum absolute atomic E-state index is 0.0819. The van der Waals surface area contributed by atoms with Crippen LogP contribution in [0.15, 0.2) is 12.3 Å². The molecule has 2 atom stereocenters. The van der Waals surface area contributed by atoms with Gasteiger partial charge in [0, 0.05) is 19.3 Å². The molecule has 1 saturated heterocycles. The number of aromatic nitrogens is 1. The van der Waals surface area contributed by atoms with Gasteiger partial charge in [0.2, 0.25) is 0 Å². The average Bonchev–Trinajstić information content (AvgIpc) is 2.62. The van der Waals surface area contributed by atoms with Gasteiger partial charge in [-0.05, 0) is 6.07 Å². The molecule has 0 aliphatic carbocycles. The first kappa shape index (κ1) is 12.1. The van der Waals surface area contributed by atoms with E-state index >= 15 is 0 Å². The van der Waals surface area contributed by atoms with E-state index in [0.717, 1.165) is 0 Å². The van der Waals surface area contributed by atoms with E-state index in [1.165, 1.54) is 17.2 Å². The van der Waals surface area contributed by atoms with Gasteiger partial charge in [-0.1, -0.05) is 11.6 Å². The van der Waals surface area contributed by atoms with Gasteiger partial charge >= 0.3 is 0 Å². The first-order valence-corrected chi connectivity index (χ1v) is 5.43. The fourth-order valence-electron chi connectivity index (χ4n) is 1.72. The zero-order valence-corrected chi connectivity index (χ0v) is 9.63. The number of hydrogen-bond donors (Lipinski definition) is 3. The Morgan fingerprint density at radius 2 is 2.06 bits per heavy atom. The van der Waals surface area contributed by atoms with Gasteiger partial charge in [0.25, 0.3) is 5.91 Å². The first-order valence-electron chi connectivity index (χ1n) is 5.05. The molecule has 7 heteroatoms. The molecule has 92 valence electrons. The number of aliphatic hydroxyl groups excluding tert-OH is 2. The lowest BCUT2D eigenvalue weighted by Gasteiger charge is -2.16. The highest BCUT2D eigenvalue weighted by Crippen LogP contribution is 2.21. The topological polar surface area (TPSA) is 99.7 Å². The summed E-state index contributed by atoms with van der Waals surface area (Å²) in [4.78, 5) is 17.1. The number of rotatable bonds is 1. The molecule has 1 aliphatic heterocycles. The monoisotopic (exact) mass is 257 g/mol. The van der Waals surface area contributed by atoms with E-state index in [1.54, 1.807) is 0 Å². The Bertz CT molecular complexity index is 444. The van der Waals surface area contributed by atoms with Crippen LogP contribution in [0.4, 0.5) is 5.82 Å². The molecule has 1 aliphatic rings. The van der Waals surface area contributed by atoms with E-state index in [9.17, 15) is 15.0 Å². The van der Waals surface area contributed by atoms with Crippen molar-refractivity contribution in [3.8, 4) is 0 Å². The molecular weight excluding hydrogens is 246 g/mol. The van der Waals surface area contributed by atoms with Crippen LogP contribution in [0.3, 0.4) is 0 Å². The Labute approximate surface area is 103 Å². The summed E-state index contributed by atoms with van der Waals surface area (Å²) in [5.41, 5.74) is 5.70. The molecule has 1 aromatic heterocycles. The van der Waals surface area contributed by atoms with Crippen LogP contribution >= 0.6 is 11.6 Å². The summed E-state index contributed by atoms with van der Waals surface area (Å²) < 4.78 is 0. The molecule has 6 nitrogen and oxygen atoms in total. The third kappa shape index (κ3) is 2.33. The average molecular weight is 258 g/mol. The summed E-state index contributed by atoms with van der Waals surface area (Å²) in [6, 6.07) is 1.38. The Hall–Kier alpha value is -1.37. The predicted octanol–water partition coefficient (Wildman–Crippen LogP) is -0.505. The normalized spacial score (nSPS) is 24.1. The van der Waals surface area contributed by atoms with E-state index in [1.807, 2.05) is 0 Å². The maximum absolute atomic E-state index is 12.0. The molecule has 1 fully saturated rings. The summed E-state index contributed by atoms with van der Waals surface area (Å²) >= 11 is 5.85. The molecule has 1 amide bonds. The predicted molar refractivity (Wildman–Crippen MR) is 61.6 cm³/mol. The van der Waals surface area contributed by atoms with Crippen LogP contribution in [-0.2, 0) is 0 Å². The smallest absolute Gasteiger partial charge is 0.255 e. The van der Waals surface area contributed by atoms with Crippen LogP contribution in [0.1, 0.15) is 10.4 Å². The molecule has 4 N–H and O–H groups in total. The number of β-amino-alcohol motifs (C(OH)–C–C–N with tert-alkyl or cyclic N) is 2. The van der Waals surface area contributed by atoms with Crippen LogP contribution in [0.2, 0.25) is 5.02 Å². The van der Waals surface area contributed by atoms with Crippen LogP contribution in [0.25, 0.3) is 0 Å². The maximum atomic E-state index is 12.0. The number of nitrogens with two attached hydrogens (primary N) is 1. The van der Waals surface area contributed by atoms with Crippen molar-refractivity contribution in [2.24, 2.45) is 0 Å². The number of halogens is 1. The van der Waals surface area contributed by atoms with E-state index in [2.05, 4.69) is 4.98 Å². The first-order chi connectivity index (χ1) is 7.99. The van der Waals surface area contributed by atoms with Gasteiger partial charge in [0.05, 0.1) is 22.8 Å². The zero-order valence-electron chi connectivity index (χ0n) is 8.88. The summed E-state index contributed by atoms with van der Waals surface area (Å²) in [7, 11) is 0. The number of carbonyl (C=O) groups is 1. The second-order valence-electron chi connectivity index (χ2n) is 3.93. The second-order valence-corrected chi connectivity index (χ2v) is 4.34. The number of likely N-dealkylation sites (tertiary alicyclic amines) is 1. The van der Waals surface area contributed by atoms with E-state index in [-0.39, 0.29) is 35.4 Å². The van der Waals surface area contributed by atoms with Crippen molar-refractivity contribution in [1.29, 1.82) is 0 Å². The minimum Gasteiger partial charge on any atom is -0.388 e. The minimum atomic E-state index is -0.920. The number of nitrogens with zero attached hydrogens (tertiary/aromatic N) is 2. The van der Waals surface area contributed by atoms with Crippen molar-refractivity contribution < 1.29 is 15.0 Å². The number of anilines is 1. The third-order valence-corrected chi connectivity index (χ3v) is 2.95. The van der Waals surface area contributed by atoms with Crippen LogP contribution in [0, 0.1) is 0 Å². The number of nitrogen functional groups attached to an aromatic ring is 1. The van der Waals surface area contributed by atoms with Gasteiger partial charge in [-0.25, -0.2) is 4.98 Å². The Kier molecular flexibility index (Phi) is 3.19.